The number of benzene rings is 2. The number of nitrogens with one attached hydrogen (secondary N) is 2. The first kappa shape index (κ1) is 19.2. The lowest BCUT2D eigenvalue weighted by molar-refractivity contribution is -0.137. The van der Waals surface area contributed by atoms with E-state index in [9.17, 15) is 18.0 Å². The normalized spacial score (nSPS) is 11.1. The summed E-state index contributed by atoms with van der Waals surface area (Å²) in [5, 5.41) is 12.3. The summed E-state index contributed by atoms with van der Waals surface area (Å²) >= 11 is 0. The largest absolute Gasteiger partial charge is 0.497 e. The number of amides is 2. The summed E-state index contributed by atoms with van der Waals surface area (Å²) in [5.41, 5.74) is 0.284. The first-order chi connectivity index (χ1) is 13.3. The van der Waals surface area contributed by atoms with Crippen LogP contribution in [0.25, 0.3) is 0 Å². The molecule has 2 N–H and O–H groups in total. The van der Waals surface area contributed by atoms with Crippen molar-refractivity contribution in [1.29, 1.82) is 0 Å². The second-order valence-electron chi connectivity index (χ2n) is 5.68. The third kappa shape index (κ3) is 5.00. The predicted molar refractivity (Wildman–Crippen MR) is 94.2 cm³/mol. The van der Waals surface area contributed by atoms with Crippen molar-refractivity contribution in [2.75, 3.05) is 17.7 Å². The highest BCUT2D eigenvalue weighted by Crippen LogP contribution is 2.29. The van der Waals surface area contributed by atoms with E-state index in [-0.39, 0.29) is 17.6 Å². The fourth-order valence-electron chi connectivity index (χ4n) is 2.30. The van der Waals surface area contributed by atoms with Gasteiger partial charge in [-0.15, -0.1) is 5.10 Å². The number of aromatic nitrogens is 2. The number of nitrogens with zero attached hydrogens (tertiary/aromatic N) is 2. The molecule has 1 aromatic heterocycles. The van der Waals surface area contributed by atoms with Gasteiger partial charge in [0.2, 0.25) is 5.89 Å². The number of carbonyl (C=O) groups is 1. The van der Waals surface area contributed by atoms with E-state index < -0.39 is 17.8 Å². The maximum absolute atomic E-state index is 12.5. The first-order valence-electron chi connectivity index (χ1n) is 8.04. The Balaban J connectivity index is 1.56. The highest BCUT2D eigenvalue weighted by molar-refractivity contribution is 5.98. The second kappa shape index (κ2) is 7.99. The molecular formula is C18H15F3N4O3. The highest BCUT2D eigenvalue weighted by Gasteiger charge is 2.30. The molecule has 0 saturated heterocycles. The average molecular weight is 392 g/mol. The minimum Gasteiger partial charge on any atom is -0.497 e. The minimum atomic E-state index is -4.44. The Morgan fingerprint density at radius 3 is 2.32 bits per heavy atom. The van der Waals surface area contributed by atoms with Crippen LogP contribution in [-0.4, -0.2) is 23.3 Å². The third-order valence-electron chi connectivity index (χ3n) is 3.67. The molecule has 0 spiro atoms. The topological polar surface area (TPSA) is 89.3 Å². The molecule has 3 rings (SSSR count). The summed E-state index contributed by atoms with van der Waals surface area (Å²) in [4.78, 5) is 11.9. The lowest BCUT2D eigenvalue weighted by Gasteiger charge is -2.08. The van der Waals surface area contributed by atoms with Gasteiger partial charge in [0.1, 0.15) is 5.75 Å². The molecule has 0 saturated carbocycles. The summed E-state index contributed by atoms with van der Waals surface area (Å²) in [6.07, 6.45) is -4.08. The molecule has 146 valence electrons. The fourth-order valence-corrected chi connectivity index (χ4v) is 2.30. The van der Waals surface area contributed by atoms with E-state index in [0.29, 0.717) is 6.42 Å². The fraction of sp³-hybridized carbons (Fsp3) is 0.167. The Labute approximate surface area is 157 Å². The standard InChI is InChI=1S/C18H15F3N4O3/c1-27-14-8-2-11(3-9-14)10-15-24-25-17(28-15)23-16(26)22-13-6-4-12(5-7-13)18(19,20)21/h2-9H,10H2,1H3,(H2,22,23,25,26). The number of halogens is 3. The number of hydrogen-bond acceptors (Lipinski definition) is 5. The Hall–Kier alpha value is -3.56. The van der Waals surface area contributed by atoms with Crippen molar-refractivity contribution in [2.45, 2.75) is 12.6 Å². The molecule has 10 heteroatoms. The molecule has 28 heavy (non-hydrogen) atoms. The van der Waals surface area contributed by atoms with Crippen molar-refractivity contribution in [1.82, 2.24) is 10.2 Å². The third-order valence-corrected chi connectivity index (χ3v) is 3.67. The number of methoxy groups -OCH3 is 1. The number of alkyl halides is 3. The molecule has 2 aromatic carbocycles. The van der Waals surface area contributed by atoms with Crippen molar-refractivity contribution in [3.63, 3.8) is 0 Å². The van der Waals surface area contributed by atoms with Crippen LogP contribution in [0.2, 0.25) is 0 Å². The van der Waals surface area contributed by atoms with Crippen LogP contribution in [0.1, 0.15) is 17.0 Å². The van der Waals surface area contributed by atoms with E-state index in [2.05, 4.69) is 20.8 Å². The van der Waals surface area contributed by atoms with Gasteiger partial charge in [-0.05, 0) is 42.0 Å². The minimum absolute atomic E-state index is 0.132. The zero-order valence-electron chi connectivity index (χ0n) is 14.6. The molecule has 0 radical (unpaired) electrons. The van der Waals surface area contributed by atoms with Gasteiger partial charge in [-0.2, -0.15) is 13.2 Å². The molecule has 7 nitrogen and oxygen atoms in total. The van der Waals surface area contributed by atoms with Gasteiger partial charge >= 0.3 is 18.2 Å². The quantitative estimate of drug-likeness (QED) is 0.675. The van der Waals surface area contributed by atoms with Crippen LogP contribution in [-0.2, 0) is 12.6 Å². The summed E-state index contributed by atoms with van der Waals surface area (Å²) in [5.74, 6) is 1.01. The van der Waals surface area contributed by atoms with Gasteiger partial charge < -0.3 is 14.5 Å². The van der Waals surface area contributed by atoms with E-state index in [1.807, 2.05) is 12.1 Å². The van der Waals surface area contributed by atoms with Crippen LogP contribution in [0.5, 0.6) is 5.75 Å². The summed E-state index contributed by atoms with van der Waals surface area (Å²) in [6, 6.07) is 10.4. The predicted octanol–water partition coefficient (Wildman–Crippen LogP) is 4.33. The molecule has 3 aromatic rings. The summed E-state index contributed by atoms with van der Waals surface area (Å²) in [6.45, 7) is 0. The number of rotatable bonds is 5. The van der Waals surface area contributed by atoms with E-state index in [1.54, 1.807) is 19.2 Å². The van der Waals surface area contributed by atoms with Gasteiger partial charge in [0.25, 0.3) is 0 Å². The maximum atomic E-state index is 12.5. The Bertz CT molecular complexity index is 938. The zero-order valence-corrected chi connectivity index (χ0v) is 14.6. The van der Waals surface area contributed by atoms with Gasteiger partial charge in [0, 0.05) is 5.69 Å². The highest BCUT2D eigenvalue weighted by atomic mass is 19.4. The molecule has 0 aliphatic carbocycles. The van der Waals surface area contributed by atoms with Crippen LogP contribution in [0.15, 0.2) is 52.9 Å². The average Bonchev–Trinajstić information content (AvgIpc) is 3.08. The molecule has 0 fully saturated rings. The number of carbonyl (C=O) groups excluding carboxylic acids is 1. The molecule has 2 amide bonds. The molecular weight excluding hydrogens is 377 g/mol. The molecule has 1 heterocycles. The van der Waals surface area contributed by atoms with Crippen LogP contribution in [0, 0.1) is 0 Å². The van der Waals surface area contributed by atoms with Crippen molar-refractivity contribution < 1.29 is 27.1 Å². The van der Waals surface area contributed by atoms with Gasteiger partial charge in [0.15, 0.2) is 0 Å². The van der Waals surface area contributed by atoms with E-state index in [4.69, 9.17) is 9.15 Å². The SMILES string of the molecule is COc1ccc(Cc2nnc(NC(=O)Nc3ccc(C(F)(F)F)cc3)o2)cc1. The maximum Gasteiger partial charge on any atom is 0.416 e. The van der Waals surface area contributed by atoms with Crippen molar-refractivity contribution in [2.24, 2.45) is 0 Å². The smallest absolute Gasteiger partial charge is 0.416 e. The first-order valence-corrected chi connectivity index (χ1v) is 8.04. The molecule has 0 aliphatic rings. The van der Waals surface area contributed by atoms with E-state index >= 15 is 0 Å². The van der Waals surface area contributed by atoms with Crippen LogP contribution in [0.4, 0.5) is 29.7 Å². The van der Waals surface area contributed by atoms with E-state index in [0.717, 1.165) is 35.6 Å². The van der Waals surface area contributed by atoms with Crippen molar-refractivity contribution >= 4 is 17.7 Å². The number of anilines is 2. The van der Waals surface area contributed by atoms with Crippen LogP contribution >= 0.6 is 0 Å². The monoisotopic (exact) mass is 392 g/mol. The summed E-state index contributed by atoms with van der Waals surface area (Å²) in [7, 11) is 1.57. The van der Waals surface area contributed by atoms with Gasteiger partial charge in [-0.3, -0.25) is 5.32 Å². The number of urea groups is 1. The van der Waals surface area contributed by atoms with Crippen LogP contribution in [0.3, 0.4) is 0 Å². The Kier molecular flexibility index (Phi) is 5.48. The van der Waals surface area contributed by atoms with Crippen molar-refractivity contribution in [3.05, 3.63) is 65.5 Å². The number of ether oxygens (including phenoxy) is 1. The van der Waals surface area contributed by atoms with Crippen LogP contribution < -0.4 is 15.4 Å². The lowest BCUT2D eigenvalue weighted by Crippen LogP contribution is -2.19. The second-order valence-corrected chi connectivity index (χ2v) is 5.68. The van der Waals surface area contributed by atoms with Crippen molar-refractivity contribution in [3.8, 4) is 5.75 Å². The van der Waals surface area contributed by atoms with Gasteiger partial charge in [-0.25, -0.2) is 4.79 Å². The summed E-state index contributed by atoms with van der Waals surface area (Å²) < 4.78 is 48.0. The molecule has 0 aliphatic heterocycles. The van der Waals surface area contributed by atoms with E-state index in [1.165, 1.54) is 0 Å². The Morgan fingerprint density at radius 1 is 1.04 bits per heavy atom. The van der Waals surface area contributed by atoms with Gasteiger partial charge in [-0.1, -0.05) is 17.2 Å². The zero-order chi connectivity index (χ0) is 20.1. The van der Waals surface area contributed by atoms with Gasteiger partial charge in [0.05, 0.1) is 19.1 Å². The lowest BCUT2D eigenvalue weighted by atomic mass is 10.1. The Morgan fingerprint density at radius 2 is 1.71 bits per heavy atom. The molecule has 0 bridgehead atoms. The molecule has 0 unspecified atom stereocenters. The molecule has 0 atom stereocenters. The number of hydrogen-bond donors (Lipinski definition) is 2.